The van der Waals surface area contributed by atoms with Gasteiger partial charge in [0.15, 0.2) is 0 Å². The molecule has 2 aromatic rings. The molecule has 0 fully saturated rings. The van der Waals surface area contributed by atoms with Gasteiger partial charge in [-0.2, -0.15) is 0 Å². The lowest BCUT2D eigenvalue weighted by molar-refractivity contribution is 0.624. The van der Waals surface area contributed by atoms with E-state index in [0.29, 0.717) is 0 Å². The van der Waals surface area contributed by atoms with Gasteiger partial charge in [-0.3, -0.25) is 0 Å². The highest BCUT2D eigenvalue weighted by Gasteiger charge is 2.05. The van der Waals surface area contributed by atoms with Crippen molar-refractivity contribution < 1.29 is 4.39 Å². The number of halogens is 1. The van der Waals surface area contributed by atoms with Gasteiger partial charge in [-0.05, 0) is 36.9 Å². The molecular formula is C13H13FN2S. The smallest absolute Gasteiger partial charge is 0.124 e. The fraction of sp³-hybridized carbons (Fsp3) is 0.154. The molecule has 0 saturated heterocycles. The van der Waals surface area contributed by atoms with Gasteiger partial charge in [0, 0.05) is 17.6 Å². The van der Waals surface area contributed by atoms with E-state index in [0.717, 1.165) is 22.0 Å². The van der Waals surface area contributed by atoms with Gasteiger partial charge in [0.25, 0.3) is 0 Å². The van der Waals surface area contributed by atoms with Crippen LogP contribution < -0.4 is 5.32 Å². The maximum atomic E-state index is 13.1. The molecule has 0 aliphatic heterocycles. The highest BCUT2D eigenvalue weighted by molar-refractivity contribution is 7.99. The van der Waals surface area contributed by atoms with E-state index in [1.165, 1.54) is 23.9 Å². The fourth-order valence-corrected chi connectivity index (χ4v) is 2.41. The minimum Gasteiger partial charge on any atom is -0.316 e. The van der Waals surface area contributed by atoms with Gasteiger partial charge in [-0.1, -0.05) is 23.9 Å². The number of pyridine rings is 1. The Bertz CT molecular complexity index is 502. The molecule has 17 heavy (non-hydrogen) atoms. The third-order valence-corrected chi connectivity index (χ3v) is 3.28. The van der Waals surface area contributed by atoms with Crippen LogP contribution in [0, 0.1) is 5.82 Å². The summed E-state index contributed by atoms with van der Waals surface area (Å²) in [6.07, 6.45) is 1.75. The highest BCUT2D eigenvalue weighted by Crippen LogP contribution is 2.28. The third kappa shape index (κ3) is 3.28. The molecule has 0 radical (unpaired) electrons. The van der Waals surface area contributed by atoms with E-state index in [2.05, 4.69) is 10.3 Å². The summed E-state index contributed by atoms with van der Waals surface area (Å²) in [4.78, 5) is 5.18. The van der Waals surface area contributed by atoms with E-state index in [1.54, 1.807) is 12.3 Å². The molecule has 0 aliphatic rings. The van der Waals surface area contributed by atoms with E-state index < -0.39 is 0 Å². The zero-order chi connectivity index (χ0) is 12.1. The van der Waals surface area contributed by atoms with Crippen LogP contribution in [0.2, 0.25) is 0 Å². The zero-order valence-corrected chi connectivity index (χ0v) is 10.3. The first kappa shape index (κ1) is 12.1. The fourth-order valence-electron chi connectivity index (χ4n) is 1.48. The van der Waals surface area contributed by atoms with Crippen LogP contribution in [0.3, 0.4) is 0 Å². The standard InChI is InChI=1S/C13H13FN2S/c1-15-9-10-4-3-7-16-13(10)17-12-6-2-5-11(14)8-12/h2-8,15H,9H2,1H3. The number of rotatable bonds is 4. The average Bonchev–Trinajstić information content (AvgIpc) is 2.32. The summed E-state index contributed by atoms with van der Waals surface area (Å²) in [7, 11) is 1.89. The maximum Gasteiger partial charge on any atom is 0.124 e. The van der Waals surface area contributed by atoms with Crippen LogP contribution in [0.5, 0.6) is 0 Å². The predicted octanol–water partition coefficient (Wildman–Crippen LogP) is 3.09. The van der Waals surface area contributed by atoms with Crippen LogP contribution in [-0.4, -0.2) is 12.0 Å². The lowest BCUT2D eigenvalue weighted by Crippen LogP contribution is -2.06. The second-order valence-corrected chi connectivity index (χ2v) is 4.62. The summed E-state index contributed by atoms with van der Waals surface area (Å²) in [5, 5.41) is 4.00. The van der Waals surface area contributed by atoms with Crippen molar-refractivity contribution in [1.29, 1.82) is 0 Å². The monoisotopic (exact) mass is 248 g/mol. The largest absolute Gasteiger partial charge is 0.316 e. The van der Waals surface area contributed by atoms with Gasteiger partial charge in [0.2, 0.25) is 0 Å². The van der Waals surface area contributed by atoms with Gasteiger partial charge in [-0.15, -0.1) is 0 Å². The van der Waals surface area contributed by atoms with E-state index in [9.17, 15) is 4.39 Å². The molecule has 88 valence electrons. The molecule has 1 N–H and O–H groups in total. The lowest BCUT2D eigenvalue weighted by atomic mass is 10.3. The summed E-state index contributed by atoms with van der Waals surface area (Å²) < 4.78 is 13.1. The number of hydrogen-bond acceptors (Lipinski definition) is 3. The Morgan fingerprint density at radius 3 is 2.94 bits per heavy atom. The van der Waals surface area contributed by atoms with Crippen molar-refractivity contribution in [3.8, 4) is 0 Å². The van der Waals surface area contributed by atoms with Crippen molar-refractivity contribution in [3.63, 3.8) is 0 Å². The Kier molecular flexibility index (Phi) is 4.12. The summed E-state index contributed by atoms with van der Waals surface area (Å²) in [6, 6.07) is 10.5. The molecule has 0 unspecified atom stereocenters. The van der Waals surface area contributed by atoms with Crippen molar-refractivity contribution in [1.82, 2.24) is 10.3 Å². The highest BCUT2D eigenvalue weighted by atomic mass is 32.2. The second kappa shape index (κ2) is 5.80. The molecule has 0 aliphatic carbocycles. The van der Waals surface area contributed by atoms with Crippen molar-refractivity contribution in [2.24, 2.45) is 0 Å². The van der Waals surface area contributed by atoms with Crippen LogP contribution in [0.25, 0.3) is 0 Å². The average molecular weight is 248 g/mol. The summed E-state index contributed by atoms with van der Waals surface area (Å²) >= 11 is 1.48. The van der Waals surface area contributed by atoms with Crippen molar-refractivity contribution in [2.45, 2.75) is 16.5 Å². The van der Waals surface area contributed by atoms with Gasteiger partial charge in [0.05, 0.1) is 0 Å². The SMILES string of the molecule is CNCc1cccnc1Sc1cccc(F)c1. The maximum absolute atomic E-state index is 13.1. The summed E-state index contributed by atoms with van der Waals surface area (Å²) in [5.41, 5.74) is 1.12. The molecule has 0 atom stereocenters. The van der Waals surface area contributed by atoms with Crippen LogP contribution in [0.15, 0.2) is 52.5 Å². The Morgan fingerprint density at radius 1 is 1.29 bits per heavy atom. The zero-order valence-electron chi connectivity index (χ0n) is 9.48. The molecule has 1 aromatic heterocycles. The van der Waals surface area contributed by atoms with E-state index in [-0.39, 0.29) is 5.82 Å². The van der Waals surface area contributed by atoms with E-state index in [1.807, 2.05) is 25.2 Å². The van der Waals surface area contributed by atoms with E-state index in [4.69, 9.17) is 0 Å². The summed E-state index contributed by atoms with van der Waals surface area (Å²) in [6.45, 7) is 0.755. The van der Waals surface area contributed by atoms with Crippen LogP contribution in [-0.2, 0) is 6.54 Å². The topological polar surface area (TPSA) is 24.9 Å². The molecular weight excluding hydrogens is 235 g/mol. The predicted molar refractivity (Wildman–Crippen MR) is 67.5 cm³/mol. The van der Waals surface area contributed by atoms with Gasteiger partial charge in [-0.25, -0.2) is 9.37 Å². The number of nitrogens with one attached hydrogen (secondary N) is 1. The molecule has 0 bridgehead atoms. The van der Waals surface area contributed by atoms with Crippen LogP contribution >= 0.6 is 11.8 Å². The number of aromatic nitrogens is 1. The van der Waals surface area contributed by atoms with Gasteiger partial charge in [0.1, 0.15) is 10.8 Å². The second-order valence-electron chi connectivity index (χ2n) is 3.56. The molecule has 0 saturated carbocycles. The first-order valence-corrected chi connectivity index (χ1v) is 6.13. The third-order valence-electron chi connectivity index (χ3n) is 2.23. The van der Waals surface area contributed by atoms with Crippen molar-refractivity contribution in [2.75, 3.05) is 7.05 Å². The molecule has 0 spiro atoms. The minimum absolute atomic E-state index is 0.221. The van der Waals surface area contributed by atoms with Crippen molar-refractivity contribution >= 4 is 11.8 Å². The quantitative estimate of drug-likeness (QED) is 0.900. The first-order chi connectivity index (χ1) is 8.29. The van der Waals surface area contributed by atoms with Gasteiger partial charge >= 0.3 is 0 Å². The molecule has 2 rings (SSSR count). The number of nitrogens with zero attached hydrogens (tertiary/aromatic N) is 1. The molecule has 1 heterocycles. The normalized spacial score (nSPS) is 10.5. The van der Waals surface area contributed by atoms with Gasteiger partial charge < -0.3 is 5.32 Å². The Labute approximate surface area is 104 Å². The lowest BCUT2D eigenvalue weighted by Gasteiger charge is -2.07. The molecule has 1 aromatic carbocycles. The minimum atomic E-state index is -0.221. The summed E-state index contributed by atoms with van der Waals surface area (Å²) in [5.74, 6) is -0.221. The molecule has 4 heteroatoms. The Hall–Kier alpha value is -1.39. The van der Waals surface area contributed by atoms with E-state index >= 15 is 0 Å². The number of benzene rings is 1. The molecule has 0 amide bonds. The Balaban J connectivity index is 2.23. The molecule has 2 nitrogen and oxygen atoms in total. The number of hydrogen-bond donors (Lipinski definition) is 1. The van der Waals surface area contributed by atoms with Crippen LogP contribution in [0.4, 0.5) is 4.39 Å². The first-order valence-electron chi connectivity index (χ1n) is 5.31. The van der Waals surface area contributed by atoms with Crippen molar-refractivity contribution in [3.05, 3.63) is 54.0 Å². The Morgan fingerprint density at radius 2 is 2.18 bits per heavy atom. The van der Waals surface area contributed by atoms with Crippen LogP contribution in [0.1, 0.15) is 5.56 Å².